The van der Waals surface area contributed by atoms with E-state index in [1.165, 1.54) is 44.5 Å². The highest BCUT2D eigenvalue weighted by molar-refractivity contribution is 6.14. The molecule has 3 aliphatic carbocycles. The van der Waals surface area contributed by atoms with Gasteiger partial charge in [-0.2, -0.15) is 0 Å². The molecule has 48 heavy (non-hydrogen) atoms. The molecule has 0 spiro atoms. The molecule has 8 rings (SSSR count). The number of benzene rings is 4. The lowest BCUT2D eigenvalue weighted by Crippen LogP contribution is -2.20. The van der Waals surface area contributed by atoms with Gasteiger partial charge < -0.3 is 9.88 Å². The molecule has 0 aliphatic heterocycles. The van der Waals surface area contributed by atoms with Crippen LogP contribution in [0.2, 0.25) is 0 Å². The zero-order valence-electron chi connectivity index (χ0n) is 27.9. The predicted molar refractivity (Wildman–Crippen MR) is 203 cm³/mol. The van der Waals surface area contributed by atoms with Crippen molar-refractivity contribution in [2.24, 2.45) is 5.92 Å². The second-order valence-electron chi connectivity index (χ2n) is 14.1. The summed E-state index contributed by atoms with van der Waals surface area (Å²) in [4.78, 5) is 0. The number of fused-ring (bicyclic) bond motifs is 4. The van der Waals surface area contributed by atoms with Crippen LogP contribution in [0.5, 0.6) is 0 Å². The molecule has 1 heterocycles. The Kier molecular flexibility index (Phi) is 7.48. The van der Waals surface area contributed by atoms with E-state index in [-0.39, 0.29) is 5.41 Å². The minimum absolute atomic E-state index is 0.130. The third-order valence-electron chi connectivity index (χ3n) is 10.0. The van der Waals surface area contributed by atoms with E-state index in [0.29, 0.717) is 11.6 Å². The molecule has 0 amide bonds. The summed E-state index contributed by atoms with van der Waals surface area (Å²) in [5, 5.41) is 14.5. The molecule has 0 radical (unpaired) electrons. The van der Waals surface area contributed by atoms with Crippen molar-refractivity contribution in [1.82, 2.24) is 4.57 Å². The monoisotopic (exact) mass is 623 g/mol. The topological polar surface area (TPSA) is 40.8 Å². The van der Waals surface area contributed by atoms with Gasteiger partial charge in [-0.05, 0) is 77.3 Å². The fourth-order valence-electron chi connectivity index (χ4n) is 7.38. The summed E-state index contributed by atoms with van der Waals surface area (Å²) in [5.41, 5.74) is 14.6. The molecule has 3 nitrogen and oxygen atoms in total. The highest BCUT2D eigenvalue weighted by Crippen LogP contribution is 2.38. The zero-order valence-corrected chi connectivity index (χ0v) is 27.9. The molecular weight excluding hydrogens is 583 g/mol. The summed E-state index contributed by atoms with van der Waals surface area (Å²) >= 11 is 0. The van der Waals surface area contributed by atoms with Gasteiger partial charge in [0.1, 0.15) is 0 Å². The molecule has 1 aromatic heterocycles. The van der Waals surface area contributed by atoms with Crippen LogP contribution in [-0.2, 0) is 11.8 Å². The Hall–Kier alpha value is -5.41. The van der Waals surface area contributed by atoms with Crippen LogP contribution in [0.25, 0.3) is 33.8 Å². The van der Waals surface area contributed by atoms with Crippen molar-refractivity contribution in [3.63, 3.8) is 0 Å². The van der Waals surface area contributed by atoms with Crippen molar-refractivity contribution in [3.05, 3.63) is 173 Å². The van der Waals surface area contributed by atoms with Crippen LogP contribution in [0.3, 0.4) is 0 Å². The Morgan fingerprint density at radius 2 is 1.54 bits per heavy atom. The third-order valence-corrected chi connectivity index (χ3v) is 10.0. The lowest BCUT2D eigenvalue weighted by molar-refractivity contribution is 0.590. The number of anilines is 1. The fraction of sp³-hybridized carbons (Fsp3) is 0.178. The molecule has 0 saturated carbocycles. The Morgan fingerprint density at radius 3 is 2.29 bits per heavy atom. The highest BCUT2D eigenvalue weighted by Gasteiger charge is 2.26. The average Bonchev–Trinajstić information content (AvgIpc) is 3.46. The quantitative estimate of drug-likeness (QED) is 0.182. The summed E-state index contributed by atoms with van der Waals surface area (Å²) in [6, 6.07) is 34.8. The van der Waals surface area contributed by atoms with Crippen LogP contribution in [0.1, 0.15) is 56.0 Å². The maximum atomic E-state index is 9.40. The number of para-hydroxylation sites is 1. The number of hydrogen-bond donors (Lipinski definition) is 2. The van der Waals surface area contributed by atoms with Gasteiger partial charge in [-0.3, -0.25) is 5.41 Å². The Bertz CT molecular complexity index is 2190. The number of allylic oxidation sites excluding steroid dienone is 8. The van der Waals surface area contributed by atoms with E-state index in [4.69, 9.17) is 0 Å². The van der Waals surface area contributed by atoms with Gasteiger partial charge in [0.25, 0.3) is 0 Å². The van der Waals surface area contributed by atoms with Crippen molar-refractivity contribution >= 4 is 28.4 Å². The Labute approximate surface area is 283 Å². The van der Waals surface area contributed by atoms with Crippen LogP contribution in [0, 0.1) is 11.3 Å². The van der Waals surface area contributed by atoms with Gasteiger partial charge in [0.15, 0.2) is 0 Å². The molecule has 1 atom stereocenters. The SMILES string of the molecule is CC(C)(C)c1ccc(-c2ccc(C(=N)C3=CCC4C=CC=CC4=C3Nc3ccc(-n4c5c(c6ccccc64)C=CCC5)cc3)cc2)cc1. The van der Waals surface area contributed by atoms with Gasteiger partial charge in [-0.15, -0.1) is 0 Å². The average molecular weight is 624 g/mol. The maximum Gasteiger partial charge on any atom is 0.0702 e. The molecule has 0 bridgehead atoms. The Morgan fingerprint density at radius 1 is 0.812 bits per heavy atom. The molecule has 0 fully saturated rings. The van der Waals surface area contributed by atoms with E-state index in [0.717, 1.165) is 47.3 Å². The molecule has 1 unspecified atom stereocenters. The number of nitrogens with zero attached hydrogens (tertiary/aromatic N) is 1. The molecule has 4 aromatic carbocycles. The summed E-state index contributed by atoms with van der Waals surface area (Å²) in [7, 11) is 0. The van der Waals surface area contributed by atoms with Gasteiger partial charge in [0.05, 0.1) is 16.9 Å². The lowest BCUT2D eigenvalue weighted by Gasteiger charge is -2.28. The van der Waals surface area contributed by atoms with E-state index in [1.54, 1.807) is 0 Å². The summed E-state index contributed by atoms with van der Waals surface area (Å²) < 4.78 is 2.43. The maximum absolute atomic E-state index is 9.40. The van der Waals surface area contributed by atoms with Crippen LogP contribution in [0.15, 0.2) is 150 Å². The first kappa shape index (κ1) is 30.0. The third kappa shape index (κ3) is 5.40. The second-order valence-corrected chi connectivity index (χ2v) is 14.1. The van der Waals surface area contributed by atoms with Crippen molar-refractivity contribution in [3.8, 4) is 16.8 Å². The van der Waals surface area contributed by atoms with Gasteiger partial charge in [-0.1, -0.05) is 130 Å². The largest absolute Gasteiger partial charge is 0.355 e. The molecular formula is C45H41N3. The fourth-order valence-corrected chi connectivity index (χ4v) is 7.38. The molecule has 236 valence electrons. The van der Waals surface area contributed by atoms with E-state index >= 15 is 0 Å². The second kappa shape index (κ2) is 12.0. The minimum atomic E-state index is 0.130. The molecule has 3 heteroatoms. The molecule has 3 aliphatic rings. The number of hydrogen-bond acceptors (Lipinski definition) is 2. The van der Waals surface area contributed by atoms with Gasteiger partial charge >= 0.3 is 0 Å². The smallest absolute Gasteiger partial charge is 0.0702 e. The summed E-state index contributed by atoms with van der Waals surface area (Å²) in [6.45, 7) is 6.73. The van der Waals surface area contributed by atoms with Crippen molar-refractivity contribution in [1.29, 1.82) is 5.41 Å². The van der Waals surface area contributed by atoms with Crippen LogP contribution < -0.4 is 5.32 Å². The number of rotatable bonds is 6. The van der Waals surface area contributed by atoms with E-state index < -0.39 is 0 Å². The highest BCUT2D eigenvalue weighted by atomic mass is 15.0. The lowest BCUT2D eigenvalue weighted by atomic mass is 9.81. The Balaban J connectivity index is 1.08. The first-order valence-electron chi connectivity index (χ1n) is 17.1. The number of aromatic nitrogens is 1. The molecule has 0 saturated heterocycles. The van der Waals surface area contributed by atoms with Gasteiger partial charge in [0.2, 0.25) is 0 Å². The number of nitrogens with one attached hydrogen (secondary N) is 2. The predicted octanol–water partition coefficient (Wildman–Crippen LogP) is 11.4. The van der Waals surface area contributed by atoms with Gasteiger partial charge in [-0.25, -0.2) is 0 Å². The first-order valence-corrected chi connectivity index (χ1v) is 17.1. The van der Waals surface area contributed by atoms with Crippen molar-refractivity contribution in [2.75, 3.05) is 5.32 Å². The van der Waals surface area contributed by atoms with E-state index in [9.17, 15) is 5.41 Å². The summed E-state index contributed by atoms with van der Waals surface area (Å²) in [6.07, 6.45) is 18.5. The van der Waals surface area contributed by atoms with E-state index in [2.05, 4.69) is 170 Å². The first-order chi connectivity index (χ1) is 23.3. The van der Waals surface area contributed by atoms with Gasteiger partial charge in [0, 0.05) is 45.1 Å². The molecule has 5 aromatic rings. The van der Waals surface area contributed by atoms with Crippen molar-refractivity contribution < 1.29 is 0 Å². The zero-order chi connectivity index (χ0) is 32.8. The standard InChI is InChI=1S/C45H41N3/c1-45(2,3)34-23-20-31(21-24-34)30-16-18-33(19-17-30)43(46)40-29-22-32-10-4-5-11-37(32)44(40)47-35-25-27-36(28-26-35)48-41-14-8-6-12-38(41)39-13-7-9-15-42(39)48/h4-8,10-14,16-21,23-29,32,46-47H,9,15,22H2,1-3H3. The normalized spacial score (nSPS) is 16.9. The van der Waals surface area contributed by atoms with Crippen molar-refractivity contribution in [2.45, 2.75) is 45.4 Å². The minimum Gasteiger partial charge on any atom is -0.355 e. The van der Waals surface area contributed by atoms with Crippen LogP contribution in [0.4, 0.5) is 5.69 Å². The van der Waals surface area contributed by atoms with E-state index in [1.807, 2.05) is 0 Å². The molecule has 2 N–H and O–H groups in total. The van der Waals surface area contributed by atoms with Crippen LogP contribution in [-0.4, -0.2) is 10.3 Å². The van der Waals surface area contributed by atoms with Crippen LogP contribution >= 0.6 is 0 Å². The summed E-state index contributed by atoms with van der Waals surface area (Å²) in [5.74, 6) is 0.303.